The Morgan fingerprint density at radius 3 is 2.86 bits per heavy atom. The molecule has 2 aromatic rings. The number of hydrogen-bond donors (Lipinski definition) is 1. The number of halogens is 1. The Morgan fingerprint density at radius 2 is 2.19 bits per heavy atom. The minimum atomic E-state index is -0.647. The second kappa shape index (κ2) is 6.12. The quantitative estimate of drug-likeness (QED) is 0.854. The van der Waals surface area contributed by atoms with Crippen molar-refractivity contribution in [2.24, 2.45) is 0 Å². The summed E-state index contributed by atoms with van der Waals surface area (Å²) in [6, 6.07) is 4.48. The number of ether oxygens (including phenoxy) is 1. The average Bonchev–Trinajstić information content (AvgIpc) is 2.89. The van der Waals surface area contributed by atoms with E-state index in [2.05, 4.69) is 20.4 Å². The topological polar surface area (TPSA) is 86.1 Å². The molecule has 1 aromatic heterocycles. The first-order valence-corrected chi connectivity index (χ1v) is 6.04. The van der Waals surface area contributed by atoms with Crippen molar-refractivity contribution in [2.45, 2.75) is 13.5 Å². The van der Waals surface area contributed by atoms with Gasteiger partial charge in [-0.25, -0.2) is 13.9 Å². The molecular formula is C13H13FN4O3. The zero-order chi connectivity index (χ0) is 15.4. The molecule has 0 saturated carbocycles. The molecule has 0 spiro atoms. The molecule has 0 atom stereocenters. The SMILES string of the molecule is COC(=O)c1cn(CC(=O)Nc2ccc(C)cc2F)nn1. The summed E-state index contributed by atoms with van der Waals surface area (Å²) in [6.07, 6.45) is 1.27. The minimum Gasteiger partial charge on any atom is -0.464 e. The van der Waals surface area contributed by atoms with Gasteiger partial charge in [-0.3, -0.25) is 4.79 Å². The molecule has 1 heterocycles. The summed E-state index contributed by atoms with van der Waals surface area (Å²) >= 11 is 0. The molecule has 2 rings (SSSR count). The molecule has 0 aliphatic rings. The van der Waals surface area contributed by atoms with E-state index in [1.54, 1.807) is 13.0 Å². The molecule has 0 bridgehead atoms. The van der Waals surface area contributed by atoms with Gasteiger partial charge in [-0.1, -0.05) is 11.3 Å². The predicted molar refractivity (Wildman–Crippen MR) is 71.1 cm³/mol. The van der Waals surface area contributed by atoms with Gasteiger partial charge in [0.15, 0.2) is 5.69 Å². The van der Waals surface area contributed by atoms with Crippen molar-refractivity contribution in [2.75, 3.05) is 12.4 Å². The summed E-state index contributed by atoms with van der Waals surface area (Å²) in [4.78, 5) is 23.0. The van der Waals surface area contributed by atoms with Crippen LogP contribution in [0.3, 0.4) is 0 Å². The standard InChI is InChI=1S/C13H13FN4O3/c1-8-3-4-10(9(14)5-8)15-12(19)7-18-6-11(16-17-18)13(20)21-2/h3-6H,7H2,1-2H3,(H,15,19). The highest BCUT2D eigenvalue weighted by Crippen LogP contribution is 2.15. The maximum atomic E-state index is 13.6. The number of carbonyl (C=O) groups excluding carboxylic acids is 2. The molecule has 0 aliphatic heterocycles. The fraction of sp³-hybridized carbons (Fsp3) is 0.231. The van der Waals surface area contributed by atoms with E-state index in [1.165, 1.54) is 25.4 Å². The first-order chi connectivity index (χ1) is 9.99. The molecule has 21 heavy (non-hydrogen) atoms. The smallest absolute Gasteiger partial charge is 0.360 e. The second-order valence-electron chi connectivity index (χ2n) is 4.32. The Labute approximate surface area is 119 Å². The number of benzene rings is 1. The van der Waals surface area contributed by atoms with Gasteiger partial charge in [0.25, 0.3) is 0 Å². The summed E-state index contributed by atoms with van der Waals surface area (Å²) < 4.78 is 19.2. The molecule has 8 heteroatoms. The maximum absolute atomic E-state index is 13.6. The summed E-state index contributed by atoms with van der Waals surface area (Å²) in [6.45, 7) is 1.55. The van der Waals surface area contributed by atoms with Crippen LogP contribution >= 0.6 is 0 Å². The van der Waals surface area contributed by atoms with E-state index >= 15 is 0 Å². The highest BCUT2D eigenvalue weighted by atomic mass is 19.1. The van der Waals surface area contributed by atoms with E-state index in [1.807, 2.05) is 0 Å². The molecule has 0 saturated heterocycles. The Kier molecular flexibility index (Phi) is 4.27. The number of nitrogens with one attached hydrogen (secondary N) is 1. The number of rotatable bonds is 4. The van der Waals surface area contributed by atoms with Crippen molar-refractivity contribution in [3.05, 3.63) is 41.5 Å². The van der Waals surface area contributed by atoms with Crippen LogP contribution in [-0.2, 0) is 16.1 Å². The summed E-state index contributed by atoms with van der Waals surface area (Å²) in [7, 11) is 1.22. The number of esters is 1. The third-order valence-electron chi connectivity index (χ3n) is 2.64. The van der Waals surface area contributed by atoms with Crippen molar-refractivity contribution in [3.63, 3.8) is 0 Å². The normalized spacial score (nSPS) is 10.2. The third kappa shape index (κ3) is 3.62. The summed E-state index contributed by atoms with van der Waals surface area (Å²) in [5.74, 6) is -1.65. The van der Waals surface area contributed by atoms with Crippen molar-refractivity contribution in [1.82, 2.24) is 15.0 Å². The molecule has 110 valence electrons. The fourth-order valence-electron chi connectivity index (χ4n) is 1.63. The van der Waals surface area contributed by atoms with Gasteiger partial charge in [-0.05, 0) is 24.6 Å². The molecule has 0 aliphatic carbocycles. The maximum Gasteiger partial charge on any atom is 0.360 e. The zero-order valence-electron chi connectivity index (χ0n) is 11.5. The van der Waals surface area contributed by atoms with Gasteiger partial charge in [-0.15, -0.1) is 5.10 Å². The first kappa shape index (κ1) is 14.6. The van der Waals surface area contributed by atoms with Gasteiger partial charge in [0.1, 0.15) is 12.4 Å². The van der Waals surface area contributed by atoms with E-state index in [0.29, 0.717) is 0 Å². The zero-order valence-corrected chi connectivity index (χ0v) is 11.5. The number of aryl methyl sites for hydroxylation is 1. The van der Waals surface area contributed by atoms with Crippen LogP contribution in [0.5, 0.6) is 0 Å². The summed E-state index contributed by atoms with van der Waals surface area (Å²) in [5, 5.41) is 9.59. The van der Waals surface area contributed by atoms with Crippen LogP contribution in [0.15, 0.2) is 24.4 Å². The van der Waals surface area contributed by atoms with Crippen molar-refractivity contribution in [1.29, 1.82) is 0 Å². The highest BCUT2D eigenvalue weighted by Gasteiger charge is 2.13. The molecule has 7 nitrogen and oxygen atoms in total. The largest absolute Gasteiger partial charge is 0.464 e. The fourth-order valence-corrected chi connectivity index (χ4v) is 1.63. The number of carbonyl (C=O) groups is 2. The first-order valence-electron chi connectivity index (χ1n) is 6.04. The second-order valence-corrected chi connectivity index (χ2v) is 4.32. The average molecular weight is 292 g/mol. The third-order valence-corrected chi connectivity index (χ3v) is 2.64. The molecule has 1 amide bonds. The van der Waals surface area contributed by atoms with Crippen molar-refractivity contribution in [3.8, 4) is 0 Å². The molecule has 0 unspecified atom stereocenters. The van der Waals surface area contributed by atoms with Gasteiger partial charge >= 0.3 is 5.97 Å². The monoisotopic (exact) mass is 292 g/mol. The predicted octanol–water partition coefficient (Wildman–Crippen LogP) is 1.15. The van der Waals surface area contributed by atoms with Crippen LogP contribution in [-0.4, -0.2) is 34.0 Å². The minimum absolute atomic E-state index is 0.00758. The lowest BCUT2D eigenvalue weighted by molar-refractivity contribution is -0.117. The highest BCUT2D eigenvalue weighted by molar-refractivity contribution is 5.91. The lowest BCUT2D eigenvalue weighted by Crippen LogP contribution is -2.19. The Balaban J connectivity index is 2.01. The van der Waals surface area contributed by atoms with Gasteiger partial charge < -0.3 is 10.1 Å². The van der Waals surface area contributed by atoms with Crippen molar-refractivity contribution < 1.29 is 18.7 Å². The Bertz CT molecular complexity index is 684. The lowest BCUT2D eigenvalue weighted by Gasteiger charge is -2.06. The lowest BCUT2D eigenvalue weighted by atomic mass is 10.2. The molecule has 1 aromatic carbocycles. The van der Waals surface area contributed by atoms with Crippen molar-refractivity contribution >= 4 is 17.6 Å². The van der Waals surface area contributed by atoms with E-state index in [9.17, 15) is 14.0 Å². The van der Waals surface area contributed by atoms with Crippen LogP contribution in [0.25, 0.3) is 0 Å². The summed E-state index contributed by atoms with van der Waals surface area (Å²) in [5.41, 5.74) is 0.829. The number of amides is 1. The van der Waals surface area contributed by atoms with Gasteiger partial charge in [0.05, 0.1) is 19.0 Å². The number of methoxy groups -OCH3 is 1. The van der Waals surface area contributed by atoms with Crippen LogP contribution in [0.1, 0.15) is 16.1 Å². The molecule has 1 N–H and O–H groups in total. The van der Waals surface area contributed by atoms with E-state index < -0.39 is 17.7 Å². The van der Waals surface area contributed by atoms with E-state index in [-0.39, 0.29) is 17.9 Å². The van der Waals surface area contributed by atoms with Gasteiger partial charge in [0, 0.05) is 0 Å². The number of aromatic nitrogens is 3. The van der Waals surface area contributed by atoms with Crippen LogP contribution in [0.4, 0.5) is 10.1 Å². The molecule has 0 fully saturated rings. The molecular weight excluding hydrogens is 279 g/mol. The van der Waals surface area contributed by atoms with Crippen LogP contribution < -0.4 is 5.32 Å². The number of anilines is 1. The Morgan fingerprint density at radius 1 is 1.43 bits per heavy atom. The Hall–Kier alpha value is -2.77. The van der Waals surface area contributed by atoms with Crippen LogP contribution in [0.2, 0.25) is 0 Å². The van der Waals surface area contributed by atoms with Gasteiger partial charge in [-0.2, -0.15) is 0 Å². The molecule has 0 radical (unpaired) electrons. The number of hydrogen-bond acceptors (Lipinski definition) is 5. The number of nitrogens with zero attached hydrogens (tertiary/aromatic N) is 3. The van der Waals surface area contributed by atoms with E-state index in [0.717, 1.165) is 10.2 Å². The van der Waals surface area contributed by atoms with E-state index in [4.69, 9.17) is 0 Å². The van der Waals surface area contributed by atoms with Crippen LogP contribution in [0, 0.1) is 12.7 Å². The van der Waals surface area contributed by atoms with Gasteiger partial charge in [0.2, 0.25) is 5.91 Å².